The van der Waals surface area contributed by atoms with Crippen LogP contribution < -0.4 is 0 Å². The molecule has 0 saturated carbocycles. The maximum Gasteiger partial charge on any atom is 0.303 e. The number of carboxylic acids is 1. The number of aliphatic carboxylic acids is 1. The van der Waals surface area contributed by atoms with E-state index in [1.807, 2.05) is 19.2 Å². The number of hydrogen-bond donors (Lipinski definition) is 1. The number of aromatic nitrogens is 2. The molecular formula is C11H11BrN2O2S. The fourth-order valence-corrected chi connectivity index (χ4v) is 3.07. The highest BCUT2D eigenvalue weighted by molar-refractivity contribution is 9.11. The van der Waals surface area contributed by atoms with Crippen LogP contribution in [0.4, 0.5) is 0 Å². The molecule has 0 fully saturated rings. The van der Waals surface area contributed by atoms with E-state index < -0.39 is 5.97 Å². The molecule has 0 aromatic carbocycles. The van der Waals surface area contributed by atoms with Crippen LogP contribution in [-0.4, -0.2) is 20.9 Å². The first-order chi connectivity index (χ1) is 8.08. The van der Waals surface area contributed by atoms with E-state index in [1.54, 1.807) is 22.2 Å². The molecule has 4 nitrogen and oxygen atoms in total. The van der Waals surface area contributed by atoms with Crippen LogP contribution in [0.5, 0.6) is 0 Å². The second-order valence-electron chi connectivity index (χ2n) is 3.63. The summed E-state index contributed by atoms with van der Waals surface area (Å²) < 4.78 is 2.80. The Balaban J connectivity index is 2.31. The van der Waals surface area contributed by atoms with Gasteiger partial charge in [0.05, 0.1) is 16.4 Å². The lowest BCUT2D eigenvalue weighted by Gasteiger charge is -2.02. The van der Waals surface area contributed by atoms with Crippen molar-refractivity contribution in [1.29, 1.82) is 0 Å². The molecule has 2 heterocycles. The van der Waals surface area contributed by atoms with Gasteiger partial charge in [0, 0.05) is 29.6 Å². The number of aryl methyl sites for hydroxylation is 1. The molecule has 2 aromatic rings. The van der Waals surface area contributed by atoms with Crippen molar-refractivity contribution in [1.82, 2.24) is 9.78 Å². The van der Waals surface area contributed by atoms with Gasteiger partial charge < -0.3 is 5.11 Å². The molecule has 17 heavy (non-hydrogen) atoms. The third-order valence-corrected chi connectivity index (χ3v) is 4.13. The highest BCUT2D eigenvalue weighted by Crippen LogP contribution is 2.33. The van der Waals surface area contributed by atoms with Crippen LogP contribution in [0.1, 0.15) is 12.1 Å². The van der Waals surface area contributed by atoms with E-state index >= 15 is 0 Å². The number of rotatable bonds is 4. The Kier molecular flexibility index (Phi) is 3.63. The van der Waals surface area contributed by atoms with Gasteiger partial charge >= 0.3 is 5.97 Å². The highest BCUT2D eigenvalue weighted by Gasteiger charge is 2.13. The van der Waals surface area contributed by atoms with E-state index in [2.05, 4.69) is 21.0 Å². The second-order valence-corrected chi connectivity index (χ2v) is 6.09. The van der Waals surface area contributed by atoms with Crippen LogP contribution in [0.3, 0.4) is 0 Å². The van der Waals surface area contributed by atoms with E-state index in [0.29, 0.717) is 6.42 Å². The van der Waals surface area contributed by atoms with Crippen LogP contribution in [0, 0.1) is 0 Å². The molecule has 0 aliphatic rings. The van der Waals surface area contributed by atoms with Crippen LogP contribution in [0.2, 0.25) is 0 Å². The molecule has 2 aromatic heterocycles. The Morgan fingerprint density at radius 1 is 1.59 bits per heavy atom. The van der Waals surface area contributed by atoms with Gasteiger partial charge in [0.15, 0.2) is 0 Å². The number of hydrogen-bond acceptors (Lipinski definition) is 3. The lowest BCUT2D eigenvalue weighted by Crippen LogP contribution is -2.03. The van der Waals surface area contributed by atoms with Crippen molar-refractivity contribution in [2.45, 2.75) is 12.8 Å². The lowest BCUT2D eigenvalue weighted by molar-refractivity contribution is -0.136. The second kappa shape index (κ2) is 5.01. The first kappa shape index (κ1) is 12.3. The Morgan fingerprint density at radius 3 is 2.94 bits per heavy atom. The van der Waals surface area contributed by atoms with Gasteiger partial charge in [-0.15, -0.1) is 11.3 Å². The summed E-state index contributed by atoms with van der Waals surface area (Å²) in [6.45, 7) is 0. The van der Waals surface area contributed by atoms with Crippen LogP contribution in [0.15, 0.2) is 22.1 Å². The molecule has 0 radical (unpaired) electrons. The molecule has 0 amide bonds. The van der Waals surface area contributed by atoms with Gasteiger partial charge in [0.2, 0.25) is 0 Å². The number of carbonyl (C=O) groups is 1. The molecule has 0 aliphatic carbocycles. The number of thiophene rings is 1. The SMILES string of the molecule is Cn1ncc(-c2ccc(Br)s2)c1CCC(=O)O. The molecule has 6 heteroatoms. The zero-order chi connectivity index (χ0) is 12.4. The Morgan fingerprint density at radius 2 is 2.35 bits per heavy atom. The fourth-order valence-electron chi connectivity index (χ4n) is 1.65. The van der Waals surface area contributed by atoms with Crippen molar-refractivity contribution in [3.8, 4) is 10.4 Å². The average Bonchev–Trinajstić information content (AvgIpc) is 2.82. The van der Waals surface area contributed by atoms with Gasteiger partial charge in [-0.05, 0) is 28.1 Å². The van der Waals surface area contributed by atoms with Gasteiger partial charge in [-0.1, -0.05) is 0 Å². The molecule has 0 saturated heterocycles. The summed E-state index contributed by atoms with van der Waals surface area (Å²) in [6.07, 6.45) is 2.41. The van der Waals surface area contributed by atoms with Crippen molar-refractivity contribution < 1.29 is 9.90 Å². The predicted molar refractivity (Wildman–Crippen MR) is 70.2 cm³/mol. The highest BCUT2D eigenvalue weighted by atomic mass is 79.9. The topological polar surface area (TPSA) is 55.1 Å². The van der Waals surface area contributed by atoms with Gasteiger partial charge in [0.1, 0.15) is 0 Å². The molecule has 90 valence electrons. The van der Waals surface area contributed by atoms with E-state index in [1.165, 1.54) is 0 Å². The van der Waals surface area contributed by atoms with Crippen LogP contribution >= 0.6 is 27.3 Å². The summed E-state index contributed by atoms with van der Waals surface area (Å²) in [5.74, 6) is -0.787. The summed E-state index contributed by atoms with van der Waals surface area (Å²) in [6, 6.07) is 3.99. The molecule has 0 spiro atoms. The largest absolute Gasteiger partial charge is 0.481 e. The fraction of sp³-hybridized carbons (Fsp3) is 0.273. The Bertz CT molecular complexity index is 547. The van der Waals surface area contributed by atoms with Crippen molar-refractivity contribution >= 4 is 33.2 Å². The van der Waals surface area contributed by atoms with Gasteiger partial charge in [-0.25, -0.2) is 0 Å². The standard InChI is InChI=1S/C11H11BrN2O2S/c1-14-8(2-5-11(15)16)7(6-13-14)9-3-4-10(12)17-9/h3-4,6H,2,5H2,1H3,(H,15,16). The van der Waals surface area contributed by atoms with Crippen molar-refractivity contribution in [2.24, 2.45) is 7.05 Å². The maximum absolute atomic E-state index is 10.6. The Labute approximate surface area is 111 Å². The predicted octanol–water partition coefficient (Wildman–Crippen LogP) is 2.93. The van der Waals surface area contributed by atoms with Crippen molar-refractivity contribution in [2.75, 3.05) is 0 Å². The number of nitrogens with zero attached hydrogens (tertiary/aromatic N) is 2. The smallest absolute Gasteiger partial charge is 0.303 e. The average molecular weight is 315 g/mol. The monoisotopic (exact) mass is 314 g/mol. The quantitative estimate of drug-likeness (QED) is 0.944. The summed E-state index contributed by atoms with van der Waals surface area (Å²) in [5, 5.41) is 12.9. The van der Waals surface area contributed by atoms with E-state index in [4.69, 9.17) is 5.11 Å². The lowest BCUT2D eigenvalue weighted by atomic mass is 10.1. The van der Waals surface area contributed by atoms with Gasteiger partial charge in [-0.3, -0.25) is 9.48 Å². The number of carboxylic acid groups (broad SMARTS) is 1. The molecule has 0 bridgehead atoms. The first-order valence-corrected chi connectivity index (χ1v) is 6.67. The zero-order valence-electron chi connectivity index (χ0n) is 9.18. The normalized spacial score (nSPS) is 10.7. The van der Waals surface area contributed by atoms with E-state index in [9.17, 15) is 4.79 Å². The van der Waals surface area contributed by atoms with E-state index in [-0.39, 0.29) is 6.42 Å². The summed E-state index contributed by atoms with van der Waals surface area (Å²) in [4.78, 5) is 11.7. The third kappa shape index (κ3) is 2.76. The zero-order valence-corrected chi connectivity index (χ0v) is 11.6. The number of halogens is 1. The molecule has 0 unspecified atom stereocenters. The minimum absolute atomic E-state index is 0.124. The van der Waals surface area contributed by atoms with E-state index in [0.717, 1.165) is 19.9 Å². The Hall–Kier alpha value is -1.14. The third-order valence-electron chi connectivity index (χ3n) is 2.48. The minimum atomic E-state index is -0.787. The molecule has 2 rings (SSSR count). The molecule has 1 N–H and O–H groups in total. The minimum Gasteiger partial charge on any atom is -0.481 e. The molecular weight excluding hydrogens is 304 g/mol. The van der Waals surface area contributed by atoms with Crippen LogP contribution in [-0.2, 0) is 18.3 Å². The maximum atomic E-state index is 10.6. The van der Waals surface area contributed by atoms with Gasteiger partial charge in [-0.2, -0.15) is 5.10 Å². The van der Waals surface area contributed by atoms with Crippen molar-refractivity contribution in [3.63, 3.8) is 0 Å². The molecule has 0 atom stereocenters. The summed E-state index contributed by atoms with van der Waals surface area (Å²) in [7, 11) is 1.84. The molecule has 0 aliphatic heterocycles. The summed E-state index contributed by atoms with van der Waals surface area (Å²) >= 11 is 5.04. The van der Waals surface area contributed by atoms with Crippen molar-refractivity contribution in [3.05, 3.63) is 27.8 Å². The van der Waals surface area contributed by atoms with Crippen LogP contribution in [0.25, 0.3) is 10.4 Å². The first-order valence-electron chi connectivity index (χ1n) is 5.06. The van der Waals surface area contributed by atoms with Gasteiger partial charge in [0.25, 0.3) is 0 Å². The summed E-state index contributed by atoms with van der Waals surface area (Å²) in [5.41, 5.74) is 1.98.